The van der Waals surface area contributed by atoms with Gasteiger partial charge in [-0.3, -0.25) is 20.2 Å². The van der Waals surface area contributed by atoms with Crippen molar-refractivity contribution in [1.29, 1.82) is 0 Å². The number of furan rings is 1. The molecule has 1 aromatic heterocycles. The first-order valence-corrected chi connectivity index (χ1v) is 8.73. The van der Waals surface area contributed by atoms with E-state index in [1.165, 1.54) is 60.7 Å². The fourth-order valence-corrected chi connectivity index (χ4v) is 2.49. The van der Waals surface area contributed by atoms with Crippen LogP contribution in [-0.4, -0.2) is 34.2 Å². The average molecular weight is 424 g/mol. The third kappa shape index (κ3) is 5.84. The summed E-state index contributed by atoms with van der Waals surface area (Å²) in [5.74, 6) is -1.39. The molecule has 11 heteroatoms. The molecule has 158 valence electrons. The molecule has 0 atom stereocenters. The predicted octanol–water partition coefficient (Wildman–Crippen LogP) is 3.96. The van der Waals surface area contributed by atoms with Crippen molar-refractivity contribution in [2.24, 2.45) is 0 Å². The van der Waals surface area contributed by atoms with E-state index in [1.807, 2.05) is 0 Å². The lowest BCUT2D eigenvalue weighted by atomic mass is 10.2. The van der Waals surface area contributed by atoms with E-state index in [0.717, 1.165) is 0 Å². The number of anilines is 4. The van der Waals surface area contributed by atoms with Gasteiger partial charge in [-0.25, -0.2) is 9.59 Å². The van der Waals surface area contributed by atoms with Crippen LogP contribution in [0.15, 0.2) is 65.1 Å². The van der Waals surface area contributed by atoms with Gasteiger partial charge >= 0.3 is 12.2 Å². The van der Waals surface area contributed by atoms with E-state index < -0.39 is 24.0 Å². The van der Waals surface area contributed by atoms with Crippen LogP contribution in [0.1, 0.15) is 21.1 Å². The Bertz CT molecular complexity index is 1030. The van der Waals surface area contributed by atoms with E-state index in [0.29, 0.717) is 22.7 Å². The Morgan fingerprint density at radius 2 is 0.806 bits per heavy atom. The van der Waals surface area contributed by atoms with Gasteiger partial charge in [0.2, 0.25) is 0 Å². The molecule has 0 radical (unpaired) electrons. The molecule has 0 bridgehead atoms. The second kappa shape index (κ2) is 9.13. The number of nitrogens with one attached hydrogen (secondary N) is 4. The Hall–Kier alpha value is -4.80. The summed E-state index contributed by atoms with van der Waals surface area (Å²) < 4.78 is 5.30. The molecule has 3 rings (SSSR count). The molecular weight excluding hydrogens is 408 g/mol. The molecule has 2 aromatic carbocycles. The van der Waals surface area contributed by atoms with Crippen molar-refractivity contribution in [3.05, 3.63) is 72.2 Å². The molecular formula is C20H16N4O7. The zero-order valence-corrected chi connectivity index (χ0v) is 15.7. The van der Waals surface area contributed by atoms with Gasteiger partial charge in [0, 0.05) is 22.7 Å². The summed E-state index contributed by atoms with van der Waals surface area (Å²) >= 11 is 0. The van der Waals surface area contributed by atoms with Gasteiger partial charge in [-0.15, -0.1) is 0 Å². The summed E-state index contributed by atoms with van der Waals surface area (Å²) in [7, 11) is 0. The smallest absolute Gasteiger partial charge is 0.409 e. The highest BCUT2D eigenvalue weighted by atomic mass is 16.4. The fourth-order valence-electron chi connectivity index (χ4n) is 2.49. The fraction of sp³-hybridized carbons (Fsp3) is 0. The molecule has 0 saturated heterocycles. The Labute approximate surface area is 174 Å². The molecule has 0 saturated carbocycles. The highest BCUT2D eigenvalue weighted by molar-refractivity contribution is 6.05. The first-order valence-electron chi connectivity index (χ1n) is 8.73. The number of hydrogen-bond acceptors (Lipinski definition) is 5. The Balaban J connectivity index is 1.59. The third-order valence-electron chi connectivity index (χ3n) is 3.84. The number of carboxylic acid groups (broad SMARTS) is 2. The Morgan fingerprint density at radius 1 is 0.516 bits per heavy atom. The molecule has 4 amide bonds. The van der Waals surface area contributed by atoms with Crippen LogP contribution in [0.4, 0.5) is 32.3 Å². The molecule has 0 fully saturated rings. The quantitative estimate of drug-likeness (QED) is 0.348. The molecule has 6 N–H and O–H groups in total. The van der Waals surface area contributed by atoms with Gasteiger partial charge in [0.15, 0.2) is 11.5 Å². The molecule has 31 heavy (non-hydrogen) atoms. The molecule has 0 aliphatic rings. The van der Waals surface area contributed by atoms with Crippen LogP contribution in [0.3, 0.4) is 0 Å². The van der Waals surface area contributed by atoms with Gasteiger partial charge in [0.05, 0.1) is 0 Å². The number of amides is 4. The SMILES string of the molecule is O=C(O)Nc1ccc(NC(=O)c2ccc(C(=O)Nc3ccc(NC(=O)O)cc3)o2)cc1. The number of carbonyl (C=O) groups is 4. The van der Waals surface area contributed by atoms with Crippen molar-refractivity contribution >= 4 is 46.8 Å². The van der Waals surface area contributed by atoms with Gasteiger partial charge in [-0.2, -0.15) is 0 Å². The highest BCUT2D eigenvalue weighted by Gasteiger charge is 2.16. The largest absolute Gasteiger partial charge is 0.465 e. The van der Waals surface area contributed by atoms with Crippen LogP contribution in [-0.2, 0) is 0 Å². The van der Waals surface area contributed by atoms with E-state index >= 15 is 0 Å². The van der Waals surface area contributed by atoms with Gasteiger partial charge in [0.25, 0.3) is 11.8 Å². The Morgan fingerprint density at radius 3 is 1.10 bits per heavy atom. The van der Waals surface area contributed by atoms with Crippen LogP contribution in [0.2, 0.25) is 0 Å². The lowest BCUT2D eigenvalue weighted by Gasteiger charge is -2.06. The average Bonchev–Trinajstić information content (AvgIpc) is 3.21. The zero-order chi connectivity index (χ0) is 22.4. The molecule has 0 unspecified atom stereocenters. The maximum Gasteiger partial charge on any atom is 0.409 e. The third-order valence-corrected chi connectivity index (χ3v) is 3.84. The summed E-state index contributed by atoms with van der Waals surface area (Å²) in [6.45, 7) is 0. The lowest BCUT2D eigenvalue weighted by molar-refractivity contribution is 0.0974. The number of carbonyl (C=O) groups excluding carboxylic acids is 2. The predicted molar refractivity (Wildman–Crippen MR) is 111 cm³/mol. The van der Waals surface area contributed by atoms with E-state index in [-0.39, 0.29) is 11.5 Å². The minimum absolute atomic E-state index is 0.0982. The van der Waals surface area contributed by atoms with E-state index in [9.17, 15) is 19.2 Å². The summed E-state index contributed by atoms with van der Waals surface area (Å²) in [5, 5.41) is 26.8. The van der Waals surface area contributed by atoms with Crippen molar-refractivity contribution < 1.29 is 33.8 Å². The van der Waals surface area contributed by atoms with Crippen LogP contribution in [0.25, 0.3) is 0 Å². The van der Waals surface area contributed by atoms with Crippen molar-refractivity contribution in [2.75, 3.05) is 21.3 Å². The number of hydrogen-bond donors (Lipinski definition) is 6. The van der Waals surface area contributed by atoms with E-state index in [4.69, 9.17) is 14.6 Å². The van der Waals surface area contributed by atoms with E-state index in [2.05, 4.69) is 21.3 Å². The van der Waals surface area contributed by atoms with E-state index in [1.54, 1.807) is 0 Å². The molecule has 11 nitrogen and oxygen atoms in total. The van der Waals surface area contributed by atoms with Gasteiger partial charge < -0.3 is 25.3 Å². The Kier molecular flexibility index (Phi) is 6.16. The van der Waals surface area contributed by atoms with Crippen molar-refractivity contribution in [3.63, 3.8) is 0 Å². The monoisotopic (exact) mass is 424 g/mol. The highest BCUT2D eigenvalue weighted by Crippen LogP contribution is 2.18. The maximum atomic E-state index is 12.3. The summed E-state index contributed by atoms with van der Waals surface area (Å²) in [4.78, 5) is 45.8. The van der Waals surface area contributed by atoms with Crippen LogP contribution < -0.4 is 21.3 Å². The standard InChI is InChI=1S/C20H16N4O7/c25-17(21-11-1-5-13(6-2-11)23-19(27)28)15-9-10-16(31-15)18(26)22-12-3-7-14(8-4-12)24-20(29)30/h1-10,23-24H,(H,21,25)(H,22,26)(H,27,28)(H,29,30). The zero-order valence-electron chi connectivity index (χ0n) is 15.7. The lowest BCUT2D eigenvalue weighted by Crippen LogP contribution is -2.13. The second-order valence-electron chi connectivity index (χ2n) is 6.09. The van der Waals surface area contributed by atoms with Crippen molar-refractivity contribution in [1.82, 2.24) is 0 Å². The topological polar surface area (TPSA) is 170 Å². The normalized spacial score (nSPS) is 10.1. The molecule has 0 aliphatic carbocycles. The molecule has 0 spiro atoms. The minimum atomic E-state index is -1.20. The van der Waals surface area contributed by atoms with Crippen LogP contribution >= 0.6 is 0 Å². The number of rotatable bonds is 6. The van der Waals surface area contributed by atoms with Crippen LogP contribution in [0.5, 0.6) is 0 Å². The van der Waals surface area contributed by atoms with Gasteiger partial charge in [0.1, 0.15) is 0 Å². The summed E-state index contributed by atoms with van der Waals surface area (Å²) in [6.07, 6.45) is -2.41. The molecule has 3 aromatic rings. The van der Waals surface area contributed by atoms with Gasteiger partial charge in [-0.05, 0) is 60.7 Å². The van der Waals surface area contributed by atoms with Gasteiger partial charge in [-0.1, -0.05) is 0 Å². The molecule has 0 aliphatic heterocycles. The first-order chi connectivity index (χ1) is 14.8. The maximum absolute atomic E-state index is 12.3. The first kappa shape index (κ1) is 20.9. The molecule has 1 heterocycles. The minimum Gasteiger partial charge on any atom is -0.465 e. The van der Waals surface area contributed by atoms with Crippen molar-refractivity contribution in [3.8, 4) is 0 Å². The summed E-state index contributed by atoms with van der Waals surface area (Å²) in [6, 6.07) is 14.6. The van der Waals surface area contributed by atoms with Crippen LogP contribution in [0, 0.1) is 0 Å². The second-order valence-corrected chi connectivity index (χ2v) is 6.09. The number of benzene rings is 2. The summed E-state index contributed by atoms with van der Waals surface area (Å²) in [5.41, 5.74) is 1.49. The van der Waals surface area contributed by atoms with Crippen molar-refractivity contribution in [2.45, 2.75) is 0 Å².